The number of carboxylic acids is 1. The number of hydrogen-bond acceptors (Lipinski definition) is 6. The Bertz CT molecular complexity index is 1050. The molecule has 2 aromatic rings. The van der Waals surface area contributed by atoms with Crippen molar-refractivity contribution in [2.45, 2.75) is 22.6 Å². The van der Waals surface area contributed by atoms with Crippen molar-refractivity contribution in [3.05, 3.63) is 52.9 Å². The first-order chi connectivity index (χ1) is 13.9. The van der Waals surface area contributed by atoms with E-state index in [1.165, 1.54) is 27.2 Å². The van der Waals surface area contributed by atoms with Crippen molar-refractivity contribution in [3.8, 4) is 0 Å². The second-order valence-electron chi connectivity index (χ2n) is 6.69. The first kappa shape index (κ1) is 20.0. The average molecular weight is 443 g/mol. The highest BCUT2D eigenvalue weighted by molar-refractivity contribution is 8.26. The third-order valence-corrected chi connectivity index (χ3v) is 7.23. The highest BCUT2D eigenvalue weighted by atomic mass is 32.2. The summed E-state index contributed by atoms with van der Waals surface area (Å²) in [5.41, 5.74) is 3.25. The number of carbonyl (C=O) groups excluding carboxylic acids is 1. The van der Waals surface area contributed by atoms with Crippen LogP contribution in [0.2, 0.25) is 0 Å². The molecule has 0 spiro atoms. The lowest BCUT2D eigenvalue weighted by Crippen LogP contribution is -2.29. The van der Waals surface area contributed by atoms with Gasteiger partial charge in [0.15, 0.2) is 0 Å². The molecule has 1 N–H and O–H groups in total. The van der Waals surface area contributed by atoms with Crippen LogP contribution < -0.4 is 4.90 Å². The number of carboxylic acid groups (broad SMARTS) is 1. The fraction of sp³-hybridized carbons (Fsp3) is 0.190. The van der Waals surface area contributed by atoms with Crippen LogP contribution >= 0.6 is 35.7 Å². The van der Waals surface area contributed by atoms with Crippen LogP contribution in [-0.4, -0.2) is 39.8 Å². The molecule has 1 saturated heterocycles. The van der Waals surface area contributed by atoms with Crippen LogP contribution in [0.1, 0.15) is 18.4 Å². The zero-order valence-corrected chi connectivity index (χ0v) is 18.1. The number of thioether (sulfide) groups is 1. The number of carbonyl (C=O) groups is 2. The van der Waals surface area contributed by atoms with Gasteiger partial charge in [-0.1, -0.05) is 53.9 Å². The maximum atomic E-state index is 12.7. The summed E-state index contributed by atoms with van der Waals surface area (Å²) in [4.78, 5) is 30.0. The van der Waals surface area contributed by atoms with Gasteiger partial charge in [0.25, 0.3) is 5.91 Å². The first-order valence-electron chi connectivity index (χ1n) is 9.06. The van der Waals surface area contributed by atoms with Gasteiger partial charge in [0.05, 0.1) is 16.3 Å². The largest absolute Gasteiger partial charge is 0.481 e. The van der Waals surface area contributed by atoms with E-state index in [1.807, 2.05) is 24.3 Å². The molecule has 4 rings (SSSR count). The van der Waals surface area contributed by atoms with Crippen LogP contribution in [-0.2, 0) is 9.59 Å². The van der Waals surface area contributed by atoms with E-state index in [9.17, 15) is 9.59 Å². The molecule has 2 aromatic carbocycles. The van der Waals surface area contributed by atoms with Gasteiger partial charge in [-0.2, -0.15) is 0 Å². The number of amides is 1. The van der Waals surface area contributed by atoms with Crippen molar-refractivity contribution in [2.75, 3.05) is 18.5 Å². The SMILES string of the molecule is CN1c2ccccc2Sc2cc(/C=C3\SC(=S)N(CCCC(=O)O)C3=O)ccc21. The summed E-state index contributed by atoms with van der Waals surface area (Å²) < 4.78 is 0.479. The minimum atomic E-state index is -0.871. The highest BCUT2D eigenvalue weighted by Gasteiger charge is 2.31. The van der Waals surface area contributed by atoms with Crippen LogP contribution in [0, 0.1) is 0 Å². The number of aliphatic carboxylic acids is 1. The van der Waals surface area contributed by atoms with Gasteiger partial charge < -0.3 is 10.0 Å². The average Bonchev–Trinajstić information content (AvgIpc) is 2.95. The summed E-state index contributed by atoms with van der Waals surface area (Å²) in [6, 6.07) is 14.4. The van der Waals surface area contributed by atoms with Crippen LogP contribution in [0.3, 0.4) is 0 Å². The lowest BCUT2D eigenvalue weighted by molar-refractivity contribution is -0.137. The molecule has 0 aliphatic carbocycles. The van der Waals surface area contributed by atoms with Crippen LogP contribution in [0.15, 0.2) is 57.2 Å². The smallest absolute Gasteiger partial charge is 0.303 e. The Balaban J connectivity index is 1.55. The Morgan fingerprint density at radius 2 is 1.90 bits per heavy atom. The predicted molar refractivity (Wildman–Crippen MR) is 122 cm³/mol. The monoisotopic (exact) mass is 442 g/mol. The third kappa shape index (κ3) is 4.05. The zero-order valence-electron chi connectivity index (χ0n) is 15.6. The molecule has 0 aromatic heterocycles. The highest BCUT2D eigenvalue weighted by Crippen LogP contribution is 2.47. The number of para-hydroxylation sites is 1. The van der Waals surface area contributed by atoms with Gasteiger partial charge in [-0.25, -0.2) is 0 Å². The number of nitrogens with zero attached hydrogens (tertiary/aromatic N) is 2. The molecule has 1 amide bonds. The second kappa shape index (κ2) is 8.22. The van der Waals surface area contributed by atoms with E-state index in [1.54, 1.807) is 11.8 Å². The third-order valence-electron chi connectivity index (χ3n) is 4.74. The van der Waals surface area contributed by atoms with E-state index < -0.39 is 5.97 Å². The molecule has 0 radical (unpaired) electrons. The molecule has 0 unspecified atom stereocenters. The number of fused-ring (bicyclic) bond motifs is 2. The maximum Gasteiger partial charge on any atom is 0.303 e. The molecule has 2 aliphatic rings. The molecule has 29 heavy (non-hydrogen) atoms. The van der Waals surface area contributed by atoms with Crippen molar-refractivity contribution >= 4 is 69.4 Å². The van der Waals surface area contributed by atoms with Gasteiger partial charge in [0.2, 0.25) is 0 Å². The van der Waals surface area contributed by atoms with Gasteiger partial charge in [-0.15, -0.1) is 0 Å². The minimum Gasteiger partial charge on any atom is -0.481 e. The summed E-state index contributed by atoms with van der Waals surface area (Å²) in [6.07, 6.45) is 2.27. The number of thiocarbonyl (C=S) groups is 1. The van der Waals surface area contributed by atoms with Crippen molar-refractivity contribution < 1.29 is 14.7 Å². The van der Waals surface area contributed by atoms with Gasteiger partial charge in [0, 0.05) is 29.8 Å². The lowest BCUT2D eigenvalue weighted by Gasteiger charge is -2.29. The van der Waals surface area contributed by atoms with Crippen molar-refractivity contribution in [1.82, 2.24) is 4.90 Å². The van der Waals surface area contributed by atoms with E-state index in [2.05, 4.69) is 36.2 Å². The molecule has 0 bridgehead atoms. The molecular formula is C21H18N2O3S3. The zero-order chi connectivity index (χ0) is 20.5. The molecule has 2 heterocycles. The minimum absolute atomic E-state index is 0.0210. The fourth-order valence-electron chi connectivity index (χ4n) is 3.28. The second-order valence-corrected chi connectivity index (χ2v) is 9.45. The molecule has 148 valence electrons. The van der Waals surface area contributed by atoms with E-state index in [0.29, 0.717) is 22.2 Å². The molecule has 2 aliphatic heterocycles. The lowest BCUT2D eigenvalue weighted by atomic mass is 10.1. The number of benzene rings is 2. The Morgan fingerprint density at radius 1 is 1.14 bits per heavy atom. The Kier molecular flexibility index (Phi) is 5.67. The van der Waals surface area contributed by atoms with Gasteiger partial charge in [-0.05, 0) is 42.3 Å². The first-order valence-corrected chi connectivity index (χ1v) is 11.1. The number of anilines is 2. The molecule has 5 nitrogen and oxygen atoms in total. The van der Waals surface area contributed by atoms with Crippen molar-refractivity contribution in [3.63, 3.8) is 0 Å². The van der Waals surface area contributed by atoms with E-state index >= 15 is 0 Å². The number of rotatable bonds is 5. The number of hydrogen-bond donors (Lipinski definition) is 1. The summed E-state index contributed by atoms with van der Waals surface area (Å²) >= 11 is 8.30. The maximum absolute atomic E-state index is 12.7. The molecule has 8 heteroatoms. The molecule has 1 fully saturated rings. The van der Waals surface area contributed by atoms with E-state index in [0.717, 1.165) is 16.1 Å². The van der Waals surface area contributed by atoms with Crippen LogP contribution in [0.5, 0.6) is 0 Å². The Hall–Kier alpha value is -2.29. The normalized spacial score (nSPS) is 16.9. The van der Waals surface area contributed by atoms with Crippen molar-refractivity contribution in [1.29, 1.82) is 0 Å². The predicted octanol–water partition coefficient (Wildman–Crippen LogP) is 4.99. The van der Waals surface area contributed by atoms with Crippen LogP contribution in [0.25, 0.3) is 6.08 Å². The Labute approximate surface area is 182 Å². The topological polar surface area (TPSA) is 60.9 Å². The summed E-state index contributed by atoms with van der Waals surface area (Å²) in [6.45, 7) is 0.329. The van der Waals surface area contributed by atoms with E-state index in [4.69, 9.17) is 17.3 Å². The molecular weight excluding hydrogens is 424 g/mol. The molecule has 0 saturated carbocycles. The molecule has 0 atom stereocenters. The standard InChI is InChI=1S/C21H18N2O3S3/c1-22-14-5-2-3-6-16(14)28-17-11-13(8-9-15(17)22)12-18-20(26)23(21(27)29-18)10-4-7-19(24)25/h2-3,5-6,8-9,11-12H,4,7,10H2,1H3,(H,24,25)/b18-12-. The van der Waals surface area contributed by atoms with Crippen molar-refractivity contribution in [2.24, 2.45) is 0 Å². The summed E-state index contributed by atoms with van der Waals surface area (Å²) in [7, 11) is 2.05. The quantitative estimate of drug-likeness (QED) is 0.517. The fourth-order valence-corrected chi connectivity index (χ4v) is 5.79. The Morgan fingerprint density at radius 3 is 2.69 bits per heavy atom. The van der Waals surface area contributed by atoms with Gasteiger partial charge >= 0.3 is 5.97 Å². The van der Waals surface area contributed by atoms with E-state index in [-0.39, 0.29) is 12.3 Å². The van der Waals surface area contributed by atoms with Gasteiger partial charge in [-0.3, -0.25) is 14.5 Å². The summed E-state index contributed by atoms with van der Waals surface area (Å²) in [5, 5.41) is 8.78. The van der Waals surface area contributed by atoms with Crippen LogP contribution in [0.4, 0.5) is 11.4 Å². The summed E-state index contributed by atoms with van der Waals surface area (Å²) in [5.74, 6) is -1.03. The van der Waals surface area contributed by atoms with Gasteiger partial charge in [0.1, 0.15) is 4.32 Å².